The zero-order valence-corrected chi connectivity index (χ0v) is 20.0. The lowest BCUT2D eigenvalue weighted by Crippen LogP contribution is -2.53. The second-order valence-electron chi connectivity index (χ2n) is 8.26. The molecule has 2 unspecified atom stereocenters. The molecule has 2 amide bonds. The second kappa shape index (κ2) is 11.6. The molecule has 1 saturated heterocycles. The van der Waals surface area contributed by atoms with Gasteiger partial charge in [0.2, 0.25) is 21.8 Å². The Kier molecular flexibility index (Phi) is 8.84. The third kappa shape index (κ3) is 6.23. The summed E-state index contributed by atoms with van der Waals surface area (Å²) in [5.74, 6) is -0.0713. The molecule has 1 aliphatic rings. The Morgan fingerprint density at radius 2 is 2.00 bits per heavy atom. The van der Waals surface area contributed by atoms with Crippen LogP contribution in [0.3, 0.4) is 0 Å². The monoisotopic (exact) mass is 492 g/mol. The van der Waals surface area contributed by atoms with Crippen LogP contribution in [0.2, 0.25) is 0 Å². The Bertz CT molecular complexity index is 1120. The summed E-state index contributed by atoms with van der Waals surface area (Å²) >= 11 is 0. The maximum atomic E-state index is 13.1. The van der Waals surface area contributed by atoms with Crippen LogP contribution in [0.1, 0.15) is 25.7 Å². The van der Waals surface area contributed by atoms with Crippen molar-refractivity contribution in [1.29, 1.82) is 0 Å². The van der Waals surface area contributed by atoms with Gasteiger partial charge < -0.3 is 25.8 Å². The molecule has 0 bridgehead atoms. The fourth-order valence-corrected chi connectivity index (χ4v) is 5.25. The van der Waals surface area contributed by atoms with Crippen LogP contribution in [0.25, 0.3) is 10.8 Å². The molecule has 0 aliphatic carbocycles. The molecule has 3 rings (SSSR count). The SMILES string of the molecule is COc1ccc2ccc(S(=O)(=O)NC(CO)C(=O)N3CCCC3CNC(=O)CCCN)cc2c1. The number of nitrogens with zero attached hydrogens (tertiary/aromatic N) is 1. The number of hydrogen-bond acceptors (Lipinski definition) is 7. The summed E-state index contributed by atoms with van der Waals surface area (Å²) in [7, 11) is -2.56. The molecule has 10 nitrogen and oxygen atoms in total. The second-order valence-corrected chi connectivity index (χ2v) is 9.97. The van der Waals surface area contributed by atoms with Crippen LogP contribution in [0.5, 0.6) is 5.75 Å². The number of nitrogens with two attached hydrogens (primary N) is 1. The Balaban J connectivity index is 1.71. The van der Waals surface area contributed by atoms with E-state index in [4.69, 9.17) is 10.5 Å². The molecular weight excluding hydrogens is 460 g/mol. The number of aliphatic hydroxyl groups is 1. The van der Waals surface area contributed by atoms with Crippen LogP contribution in [0.15, 0.2) is 41.3 Å². The summed E-state index contributed by atoms with van der Waals surface area (Å²) < 4.78 is 33.6. The van der Waals surface area contributed by atoms with Gasteiger partial charge in [0.15, 0.2) is 0 Å². The number of methoxy groups -OCH3 is 1. The molecule has 1 fully saturated rings. The minimum atomic E-state index is -4.09. The van der Waals surface area contributed by atoms with Crippen molar-refractivity contribution in [2.24, 2.45) is 5.73 Å². The lowest BCUT2D eigenvalue weighted by molar-refractivity contribution is -0.135. The zero-order chi connectivity index (χ0) is 24.7. The summed E-state index contributed by atoms with van der Waals surface area (Å²) in [6, 6.07) is 8.34. The Morgan fingerprint density at radius 1 is 1.24 bits per heavy atom. The maximum Gasteiger partial charge on any atom is 0.243 e. The van der Waals surface area contributed by atoms with Crippen LogP contribution in [-0.2, 0) is 19.6 Å². The van der Waals surface area contributed by atoms with E-state index in [-0.39, 0.29) is 23.4 Å². The predicted molar refractivity (Wildman–Crippen MR) is 128 cm³/mol. The van der Waals surface area contributed by atoms with E-state index in [0.717, 1.165) is 11.8 Å². The van der Waals surface area contributed by atoms with Crippen molar-refractivity contribution in [1.82, 2.24) is 14.9 Å². The molecule has 0 saturated carbocycles. The fraction of sp³-hybridized carbons (Fsp3) is 0.478. The number of rotatable bonds is 11. The van der Waals surface area contributed by atoms with Crippen LogP contribution < -0.4 is 20.5 Å². The van der Waals surface area contributed by atoms with E-state index in [1.165, 1.54) is 24.1 Å². The molecule has 0 radical (unpaired) electrons. The minimum absolute atomic E-state index is 0.0235. The minimum Gasteiger partial charge on any atom is -0.497 e. The van der Waals surface area contributed by atoms with Gasteiger partial charge in [0, 0.05) is 25.6 Å². The first-order valence-electron chi connectivity index (χ1n) is 11.3. The summed E-state index contributed by atoms with van der Waals surface area (Å²) in [4.78, 5) is 26.5. The van der Waals surface area contributed by atoms with Gasteiger partial charge in [-0.1, -0.05) is 12.1 Å². The third-order valence-corrected chi connectivity index (χ3v) is 7.38. The van der Waals surface area contributed by atoms with Gasteiger partial charge in [-0.05, 0) is 60.8 Å². The van der Waals surface area contributed by atoms with Crippen LogP contribution in [0, 0.1) is 0 Å². The van der Waals surface area contributed by atoms with Crippen molar-refractivity contribution >= 4 is 32.6 Å². The first-order chi connectivity index (χ1) is 16.3. The van der Waals surface area contributed by atoms with Crippen LogP contribution in [0.4, 0.5) is 0 Å². The molecule has 0 spiro atoms. The van der Waals surface area contributed by atoms with Crippen molar-refractivity contribution < 1.29 is 27.9 Å². The highest BCUT2D eigenvalue weighted by Crippen LogP contribution is 2.24. The molecule has 1 heterocycles. The van der Waals surface area contributed by atoms with Gasteiger partial charge in [-0.25, -0.2) is 8.42 Å². The Morgan fingerprint density at radius 3 is 2.71 bits per heavy atom. The number of ether oxygens (including phenoxy) is 1. The summed E-state index contributed by atoms with van der Waals surface area (Å²) in [6.07, 6.45) is 2.30. The Labute approximate surface area is 199 Å². The maximum absolute atomic E-state index is 13.1. The largest absolute Gasteiger partial charge is 0.497 e. The van der Waals surface area contributed by atoms with Crippen molar-refractivity contribution in [2.75, 3.05) is 33.4 Å². The van der Waals surface area contributed by atoms with Crippen LogP contribution in [-0.4, -0.2) is 75.7 Å². The fourth-order valence-electron chi connectivity index (χ4n) is 4.04. The van der Waals surface area contributed by atoms with E-state index in [9.17, 15) is 23.1 Å². The summed E-state index contributed by atoms with van der Waals surface area (Å²) in [5, 5.41) is 14.1. The number of sulfonamides is 1. The molecule has 11 heteroatoms. The quantitative estimate of drug-likeness (QED) is 0.353. The third-order valence-electron chi connectivity index (χ3n) is 5.91. The number of carbonyl (C=O) groups excluding carboxylic acids is 2. The molecule has 0 aromatic heterocycles. The highest BCUT2D eigenvalue weighted by atomic mass is 32.2. The predicted octanol–water partition coefficient (Wildman–Crippen LogP) is 0.334. The zero-order valence-electron chi connectivity index (χ0n) is 19.2. The molecule has 5 N–H and O–H groups in total. The van der Waals surface area contributed by atoms with Gasteiger partial charge >= 0.3 is 0 Å². The first kappa shape index (κ1) is 25.9. The number of likely N-dealkylation sites (tertiary alicyclic amines) is 1. The number of carbonyl (C=O) groups is 2. The summed E-state index contributed by atoms with van der Waals surface area (Å²) in [6.45, 7) is 0.429. The average Bonchev–Trinajstić information content (AvgIpc) is 3.32. The standard InChI is InChI=1S/C23H32N4O6S/c1-33-19-8-6-16-7-9-20(13-17(16)12-19)34(31,32)26-21(15-28)23(30)27-11-3-4-18(27)14-25-22(29)5-2-10-24/h6-9,12-13,18,21,26,28H,2-5,10-11,14-15,24H2,1H3,(H,25,29). The van der Waals surface area contributed by atoms with Gasteiger partial charge in [0.25, 0.3) is 0 Å². The van der Waals surface area contributed by atoms with E-state index in [0.29, 0.717) is 43.5 Å². The number of fused-ring (bicyclic) bond motifs is 1. The topological polar surface area (TPSA) is 151 Å². The average molecular weight is 493 g/mol. The molecule has 186 valence electrons. The smallest absolute Gasteiger partial charge is 0.243 e. The van der Waals surface area contributed by atoms with E-state index < -0.39 is 28.6 Å². The summed E-state index contributed by atoms with van der Waals surface area (Å²) in [5.41, 5.74) is 5.42. The highest BCUT2D eigenvalue weighted by molar-refractivity contribution is 7.89. The highest BCUT2D eigenvalue weighted by Gasteiger charge is 2.35. The number of aliphatic hydroxyl groups excluding tert-OH is 1. The Hall–Kier alpha value is -2.73. The molecule has 1 aliphatic heterocycles. The van der Waals surface area contributed by atoms with Gasteiger partial charge in [0.05, 0.1) is 18.6 Å². The van der Waals surface area contributed by atoms with Crippen molar-refractivity contribution in [3.8, 4) is 5.75 Å². The van der Waals surface area contributed by atoms with Crippen molar-refractivity contribution in [3.63, 3.8) is 0 Å². The number of benzene rings is 2. The normalized spacial score (nSPS) is 17.0. The van der Waals surface area contributed by atoms with Gasteiger partial charge in [-0.2, -0.15) is 4.72 Å². The van der Waals surface area contributed by atoms with E-state index >= 15 is 0 Å². The molecular formula is C23H32N4O6S. The van der Waals surface area contributed by atoms with Gasteiger partial charge in [-0.3, -0.25) is 9.59 Å². The number of amides is 2. The van der Waals surface area contributed by atoms with Crippen molar-refractivity contribution in [3.05, 3.63) is 36.4 Å². The molecule has 34 heavy (non-hydrogen) atoms. The van der Waals surface area contributed by atoms with Gasteiger partial charge in [0.1, 0.15) is 11.8 Å². The molecule has 2 atom stereocenters. The number of nitrogens with one attached hydrogen (secondary N) is 2. The lowest BCUT2D eigenvalue weighted by Gasteiger charge is -2.28. The lowest BCUT2D eigenvalue weighted by atomic mass is 10.1. The van der Waals surface area contributed by atoms with Crippen LogP contribution >= 0.6 is 0 Å². The van der Waals surface area contributed by atoms with E-state index in [2.05, 4.69) is 10.0 Å². The van der Waals surface area contributed by atoms with E-state index in [1.807, 2.05) is 6.07 Å². The number of hydrogen-bond donors (Lipinski definition) is 4. The van der Waals surface area contributed by atoms with Gasteiger partial charge in [-0.15, -0.1) is 0 Å². The molecule has 2 aromatic rings. The first-order valence-corrected chi connectivity index (χ1v) is 12.8. The van der Waals surface area contributed by atoms with Crippen molar-refractivity contribution in [2.45, 2.75) is 42.7 Å². The van der Waals surface area contributed by atoms with E-state index in [1.54, 1.807) is 18.2 Å². The molecule has 2 aromatic carbocycles.